The first-order chi connectivity index (χ1) is 17.3. The Labute approximate surface area is 208 Å². The lowest BCUT2D eigenvalue weighted by Crippen LogP contribution is -2.53. The van der Waals surface area contributed by atoms with E-state index in [2.05, 4.69) is 10.3 Å². The first-order valence-electron chi connectivity index (χ1n) is 12.1. The Bertz CT molecular complexity index is 1200. The second-order valence-corrected chi connectivity index (χ2v) is 9.67. The van der Waals surface area contributed by atoms with E-state index in [1.54, 1.807) is 36.4 Å². The van der Waals surface area contributed by atoms with Gasteiger partial charge < -0.3 is 24.6 Å². The van der Waals surface area contributed by atoms with E-state index >= 15 is 0 Å². The van der Waals surface area contributed by atoms with Gasteiger partial charge in [0.15, 0.2) is 17.3 Å². The van der Waals surface area contributed by atoms with Crippen LogP contribution in [0, 0.1) is 5.92 Å². The van der Waals surface area contributed by atoms with Gasteiger partial charge in [0.25, 0.3) is 11.8 Å². The number of nitrogens with one attached hydrogen (secondary N) is 1. The third-order valence-corrected chi connectivity index (χ3v) is 6.80. The molecule has 0 spiro atoms. The Morgan fingerprint density at radius 2 is 1.92 bits per heavy atom. The van der Waals surface area contributed by atoms with E-state index in [9.17, 15) is 19.2 Å². The SMILES string of the molecule is CC(C)CC(NC(=O)c1ccc2c(c1)OCO2)C(=O)N1CCC2C1C(=O)CN2C(=O)c1ccccn1. The van der Waals surface area contributed by atoms with Crippen molar-refractivity contribution in [2.75, 3.05) is 19.9 Å². The van der Waals surface area contributed by atoms with Gasteiger partial charge in [-0.2, -0.15) is 0 Å². The van der Waals surface area contributed by atoms with Crippen molar-refractivity contribution in [1.29, 1.82) is 0 Å². The van der Waals surface area contributed by atoms with Crippen LogP contribution in [-0.4, -0.2) is 76.3 Å². The van der Waals surface area contributed by atoms with E-state index in [1.165, 1.54) is 16.0 Å². The number of aromatic nitrogens is 1. The van der Waals surface area contributed by atoms with Crippen LogP contribution in [0.4, 0.5) is 0 Å². The van der Waals surface area contributed by atoms with Crippen LogP contribution >= 0.6 is 0 Å². The number of likely N-dealkylation sites (tertiary alicyclic amines) is 2. The largest absolute Gasteiger partial charge is 0.454 e. The van der Waals surface area contributed by atoms with Crippen molar-refractivity contribution in [3.63, 3.8) is 0 Å². The third kappa shape index (κ3) is 4.38. The zero-order chi connectivity index (χ0) is 25.4. The molecule has 3 unspecified atom stereocenters. The average molecular weight is 493 g/mol. The van der Waals surface area contributed by atoms with Crippen molar-refractivity contribution in [3.05, 3.63) is 53.9 Å². The number of benzene rings is 1. The number of pyridine rings is 1. The van der Waals surface area contributed by atoms with Gasteiger partial charge in [0.05, 0.1) is 12.6 Å². The van der Waals surface area contributed by atoms with Crippen LogP contribution in [0.25, 0.3) is 0 Å². The Morgan fingerprint density at radius 3 is 2.67 bits per heavy atom. The minimum absolute atomic E-state index is 0.0626. The highest BCUT2D eigenvalue weighted by molar-refractivity contribution is 6.03. The van der Waals surface area contributed by atoms with Crippen LogP contribution in [-0.2, 0) is 9.59 Å². The van der Waals surface area contributed by atoms with E-state index < -0.39 is 24.0 Å². The minimum atomic E-state index is -0.810. The predicted molar refractivity (Wildman–Crippen MR) is 127 cm³/mol. The number of carbonyl (C=O) groups is 4. The minimum Gasteiger partial charge on any atom is -0.454 e. The summed E-state index contributed by atoms with van der Waals surface area (Å²) in [5, 5.41) is 2.86. The molecule has 0 radical (unpaired) electrons. The summed E-state index contributed by atoms with van der Waals surface area (Å²) >= 11 is 0. The fourth-order valence-corrected chi connectivity index (χ4v) is 5.15. The molecular weight excluding hydrogens is 464 g/mol. The van der Waals surface area contributed by atoms with Crippen LogP contribution in [0.3, 0.4) is 0 Å². The van der Waals surface area contributed by atoms with Gasteiger partial charge in [-0.25, -0.2) is 0 Å². The number of fused-ring (bicyclic) bond motifs is 2. The summed E-state index contributed by atoms with van der Waals surface area (Å²) in [5.41, 5.74) is 0.619. The molecule has 4 heterocycles. The number of nitrogens with zero attached hydrogens (tertiary/aromatic N) is 3. The molecule has 3 aliphatic rings. The number of hydrogen-bond donors (Lipinski definition) is 1. The van der Waals surface area contributed by atoms with Gasteiger partial charge in [0, 0.05) is 18.3 Å². The predicted octanol–water partition coefficient (Wildman–Crippen LogP) is 1.65. The van der Waals surface area contributed by atoms with Gasteiger partial charge in [0.1, 0.15) is 17.8 Å². The van der Waals surface area contributed by atoms with Crippen LogP contribution in [0.2, 0.25) is 0 Å². The van der Waals surface area contributed by atoms with Crippen LogP contribution < -0.4 is 14.8 Å². The van der Waals surface area contributed by atoms with Gasteiger partial charge in [-0.1, -0.05) is 19.9 Å². The smallest absolute Gasteiger partial charge is 0.273 e. The summed E-state index contributed by atoms with van der Waals surface area (Å²) in [6.45, 7) is 4.30. The molecule has 0 saturated carbocycles. The Morgan fingerprint density at radius 1 is 1.11 bits per heavy atom. The maximum atomic E-state index is 13.7. The lowest BCUT2D eigenvalue weighted by molar-refractivity contribution is -0.138. The molecule has 0 aliphatic carbocycles. The van der Waals surface area contributed by atoms with E-state index in [-0.39, 0.29) is 42.5 Å². The fraction of sp³-hybridized carbons (Fsp3) is 0.423. The quantitative estimate of drug-likeness (QED) is 0.651. The van der Waals surface area contributed by atoms with Crippen molar-refractivity contribution in [3.8, 4) is 11.5 Å². The summed E-state index contributed by atoms with van der Waals surface area (Å²) in [6, 6.07) is 7.98. The molecule has 2 fully saturated rings. The molecule has 1 aromatic heterocycles. The molecule has 0 bridgehead atoms. The molecule has 5 rings (SSSR count). The molecule has 1 aromatic carbocycles. The van der Waals surface area contributed by atoms with Crippen molar-refractivity contribution < 1.29 is 28.7 Å². The van der Waals surface area contributed by atoms with Crippen LogP contribution in [0.15, 0.2) is 42.6 Å². The molecule has 3 atom stereocenters. The highest BCUT2D eigenvalue weighted by Gasteiger charge is 2.52. The molecule has 188 valence electrons. The maximum Gasteiger partial charge on any atom is 0.273 e. The first kappa shape index (κ1) is 23.8. The Hall–Kier alpha value is -3.95. The molecular formula is C26H28N4O6. The number of hydrogen-bond acceptors (Lipinski definition) is 7. The second kappa shape index (κ2) is 9.60. The van der Waals surface area contributed by atoms with Gasteiger partial charge in [0.2, 0.25) is 12.7 Å². The number of Topliss-reactive ketones (excluding diaryl/α,β-unsaturated/α-hetero) is 1. The zero-order valence-electron chi connectivity index (χ0n) is 20.2. The lowest BCUT2D eigenvalue weighted by Gasteiger charge is -2.29. The average Bonchev–Trinajstić information content (AvgIpc) is 3.59. The molecule has 1 N–H and O–H groups in total. The number of ether oxygens (including phenoxy) is 2. The van der Waals surface area contributed by atoms with Crippen LogP contribution in [0.1, 0.15) is 47.5 Å². The van der Waals surface area contributed by atoms with E-state index in [0.717, 1.165) is 0 Å². The number of amides is 3. The molecule has 10 heteroatoms. The second-order valence-electron chi connectivity index (χ2n) is 9.67. The molecule has 10 nitrogen and oxygen atoms in total. The number of carbonyl (C=O) groups excluding carboxylic acids is 4. The summed E-state index contributed by atoms with van der Waals surface area (Å²) in [4.78, 5) is 59.9. The summed E-state index contributed by atoms with van der Waals surface area (Å²) < 4.78 is 10.7. The fourth-order valence-electron chi connectivity index (χ4n) is 5.15. The highest BCUT2D eigenvalue weighted by atomic mass is 16.7. The maximum absolute atomic E-state index is 13.7. The van der Waals surface area contributed by atoms with Crippen LogP contribution in [0.5, 0.6) is 11.5 Å². The lowest BCUT2D eigenvalue weighted by atomic mass is 10.0. The van der Waals surface area contributed by atoms with Gasteiger partial charge in [-0.3, -0.25) is 24.2 Å². The normalized spacial score (nSPS) is 21.0. The van der Waals surface area contributed by atoms with Gasteiger partial charge in [-0.15, -0.1) is 0 Å². The van der Waals surface area contributed by atoms with E-state index in [4.69, 9.17) is 9.47 Å². The molecule has 2 aromatic rings. The highest BCUT2D eigenvalue weighted by Crippen LogP contribution is 2.33. The van der Waals surface area contributed by atoms with Crippen molar-refractivity contribution >= 4 is 23.5 Å². The Kier molecular flexibility index (Phi) is 6.34. The van der Waals surface area contributed by atoms with Crippen molar-refractivity contribution in [2.24, 2.45) is 5.92 Å². The summed E-state index contributed by atoms with van der Waals surface area (Å²) in [7, 11) is 0. The topological polar surface area (TPSA) is 118 Å². The zero-order valence-corrected chi connectivity index (χ0v) is 20.2. The monoisotopic (exact) mass is 492 g/mol. The third-order valence-electron chi connectivity index (χ3n) is 6.80. The van der Waals surface area contributed by atoms with E-state index in [1.807, 2.05) is 13.8 Å². The molecule has 3 aliphatic heterocycles. The standard InChI is InChI=1S/C26H28N4O6/c1-15(2)11-18(28-24(32)16-6-7-21-22(12-16)36-14-35-21)26(34)29-10-8-19-23(29)20(31)13-30(19)25(33)17-5-3-4-9-27-17/h3-7,9,12,15,18-19,23H,8,10-11,13-14H2,1-2H3,(H,28,32). The van der Waals surface area contributed by atoms with Gasteiger partial charge in [-0.05, 0) is 49.1 Å². The molecule has 36 heavy (non-hydrogen) atoms. The Balaban J connectivity index is 1.32. The number of ketones is 1. The van der Waals surface area contributed by atoms with Gasteiger partial charge >= 0.3 is 0 Å². The van der Waals surface area contributed by atoms with Crippen molar-refractivity contribution in [1.82, 2.24) is 20.1 Å². The van der Waals surface area contributed by atoms with E-state index in [0.29, 0.717) is 36.4 Å². The molecule has 2 saturated heterocycles. The summed E-state index contributed by atoms with van der Waals surface area (Å²) in [5.74, 6) is -0.0597. The summed E-state index contributed by atoms with van der Waals surface area (Å²) in [6.07, 6.45) is 2.44. The molecule has 3 amide bonds. The first-order valence-corrected chi connectivity index (χ1v) is 12.1. The van der Waals surface area contributed by atoms with Crippen molar-refractivity contribution in [2.45, 2.75) is 44.8 Å². The number of rotatable bonds is 6.